The molecule has 1 N–H and O–H groups in total. The lowest BCUT2D eigenvalue weighted by molar-refractivity contribution is -0.0282. The van der Waals surface area contributed by atoms with Gasteiger partial charge in [0.2, 0.25) is 0 Å². The van der Waals surface area contributed by atoms with Crippen molar-refractivity contribution in [1.29, 1.82) is 0 Å². The molecular formula is C17H28ClNO. The van der Waals surface area contributed by atoms with Gasteiger partial charge in [-0.25, -0.2) is 0 Å². The van der Waals surface area contributed by atoms with Crippen molar-refractivity contribution in [2.24, 2.45) is 5.92 Å². The summed E-state index contributed by atoms with van der Waals surface area (Å²) in [6, 6.07) is 7.94. The summed E-state index contributed by atoms with van der Waals surface area (Å²) >= 11 is 6.10. The van der Waals surface area contributed by atoms with Crippen LogP contribution in [0.1, 0.15) is 53.2 Å². The van der Waals surface area contributed by atoms with Crippen molar-refractivity contribution < 1.29 is 4.74 Å². The predicted octanol–water partition coefficient (Wildman–Crippen LogP) is 4.83. The second kappa shape index (κ2) is 7.44. The Labute approximate surface area is 128 Å². The maximum absolute atomic E-state index is 6.23. The Morgan fingerprint density at radius 3 is 2.35 bits per heavy atom. The molecule has 1 aromatic carbocycles. The second-order valence-electron chi connectivity index (χ2n) is 6.76. The van der Waals surface area contributed by atoms with Crippen LogP contribution in [0, 0.1) is 5.92 Å². The van der Waals surface area contributed by atoms with Crippen LogP contribution in [0.4, 0.5) is 0 Å². The normalized spacial score (nSPS) is 15.4. The maximum Gasteiger partial charge on any atom is 0.0953 e. The molecule has 1 aromatic rings. The molecule has 0 aliphatic carbocycles. The molecule has 0 aromatic heterocycles. The SMILES string of the molecule is CC(C)C(C)OC(CNC(C)(C)C)c1cccc(Cl)c1. The van der Waals surface area contributed by atoms with Crippen LogP contribution >= 0.6 is 11.6 Å². The van der Waals surface area contributed by atoms with Gasteiger partial charge in [0.15, 0.2) is 0 Å². The molecule has 2 atom stereocenters. The van der Waals surface area contributed by atoms with Crippen molar-refractivity contribution in [1.82, 2.24) is 5.32 Å². The Morgan fingerprint density at radius 1 is 1.20 bits per heavy atom. The molecule has 0 saturated carbocycles. The highest BCUT2D eigenvalue weighted by Gasteiger charge is 2.20. The summed E-state index contributed by atoms with van der Waals surface area (Å²) in [5.41, 5.74) is 1.20. The molecule has 0 bridgehead atoms. The molecule has 2 nitrogen and oxygen atoms in total. The predicted molar refractivity (Wildman–Crippen MR) is 87.3 cm³/mol. The molecule has 0 amide bonds. The van der Waals surface area contributed by atoms with Gasteiger partial charge in [-0.3, -0.25) is 0 Å². The first kappa shape index (κ1) is 17.5. The first-order valence-electron chi connectivity index (χ1n) is 7.35. The van der Waals surface area contributed by atoms with Crippen molar-refractivity contribution in [2.75, 3.05) is 6.54 Å². The first-order chi connectivity index (χ1) is 9.19. The molecule has 2 unspecified atom stereocenters. The first-order valence-corrected chi connectivity index (χ1v) is 7.73. The van der Waals surface area contributed by atoms with Crippen molar-refractivity contribution in [3.8, 4) is 0 Å². The highest BCUT2D eigenvalue weighted by molar-refractivity contribution is 6.30. The lowest BCUT2D eigenvalue weighted by Crippen LogP contribution is -2.39. The molecule has 0 heterocycles. The average Bonchev–Trinajstić information content (AvgIpc) is 2.32. The molecule has 0 fully saturated rings. The molecule has 1 rings (SSSR count). The lowest BCUT2D eigenvalue weighted by atomic mass is 10.0. The van der Waals surface area contributed by atoms with E-state index in [-0.39, 0.29) is 17.7 Å². The third kappa shape index (κ3) is 6.25. The van der Waals surface area contributed by atoms with Gasteiger partial charge in [0.25, 0.3) is 0 Å². The topological polar surface area (TPSA) is 21.3 Å². The number of benzene rings is 1. The zero-order valence-corrected chi connectivity index (χ0v) is 14.3. The number of rotatable bonds is 6. The molecular weight excluding hydrogens is 270 g/mol. The largest absolute Gasteiger partial charge is 0.369 e. The van der Waals surface area contributed by atoms with E-state index in [0.717, 1.165) is 17.1 Å². The van der Waals surface area contributed by atoms with Crippen LogP contribution in [-0.2, 0) is 4.74 Å². The Hall–Kier alpha value is -0.570. The van der Waals surface area contributed by atoms with Gasteiger partial charge in [-0.1, -0.05) is 37.6 Å². The summed E-state index contributed by atoms with van der Waals surface area (Å²) < 4.78 is 6.23. The van der Waals surface area contributed by atoms with Gasteiger partial charge in [0.1, 0.15) is 0 Å². The van der Waals surface area contributed by atoms with E-state index in [1.165, 1.54) is 0 Å². The minimum atomic E-state index is 0.0188. The van der Waals surface area contributed by atoms with Crippen LogP contribution in [-0.4, -0.2) is 18.2 Å². The van der Waals surface area contributed by atoms with E-state index in [1.807, 2.05) is 18.2 Å². The summed E-state index contributed by atoms with van der Waals surface area (Å²) in [7, 11) is 0. The number of ether oxygens (including phenoxy) is 1. The number of hydrogen-bond donors (Lipinski definition) is 1. The second-order valence-corrected chi connectivity index (χ2v) is 7.20. The summed E-state index contributed by atoms with van der Waals surface area (Å²) in [4.78, 5) is 0. The molecule has 20 heavy (non-hydrogen) atoms. The molecule has 3 heteroatoms. The molecule has 0 spiro atoms. The zero-order chi connectivity index (χ0) is 15.3. The quantitative estimate of drug-likeness (QED) is 0.812. The summed E-state index contributed by atoms with van der Waals surface area (Å²) in [5, 5.41) is 4.27. The van der Waals surface area contributed by atoms with Gasteiger partial charge in [0.05, 0.1) is 12.2 Å². The van der Waals surface area contributed by atoms with Crippen LogP contribution in [0.3, 0.4) is 0 Å². The lowest BCUT2D eigenvalue weighted by Gasteiger charge is -2.29. The number of hydrogen-bond acceptors (Lipinski definition) is 2. The fourth-order valence-corrected chi connectivity index (χ4v) is 1.97. The van der Waals surface area contributed by atoms with Crippen molar-refractivity contribution in [3.05, 3.63) is 34.9 Å². The highest BCUT2D eigenvalue weighted by Crippen LogP contribution is 2.24. The van der Waals surface area contributed by atoms with E-state index in [9.17, 15) is 0 Å². The van der Waals surface area contributed by atoms with Gasteiger partial charge >= 0.3 is 0 Å². The summed E-state index contributed by atoms with van der Waals surface area (Å²) in [6.07, 6.45) is 0.228. The number of halogens is 1. The monoisotopic (exact) mass is 297 g/mol. The van der Waals surface area contributed by atoms with Gasteiger partial charge in [0, 0.05) is 17.1 Å². The minimum absolute atomic E-state index is 0.0188. The van der Waals surface area contributed by atoms with E-state index in [0.29, 0.717) is 5.92 Å². The molecule has 0 saturated heterocycles. The Kier molecular flexibility index (Phi) is 6.50. The molecule has 114 valence electrons. The van der Waals surface area contributed by atoms with Crippen molar-refractivity contribution in [2.45, 2.75) is 59.3 Å². The van der Waals surface area contributed by atoms with Crippen molar-refractivity contribution in [3.63, 3.8) is 0 Å². The van der Waals surface area contributed by atoms with Crippen molar-refractivity contribution >= 4 is 11.6 Å². The fourth-order valence-electron chi connectivity index (χ4n) is 1.77. The zero-order valence-electron chi connectivity index (χ0n) is 13.5. The molecule has 0 aliphatic heterocycles. The minimum Gasteiger partial charge on any atom is -0.369 e. The standard InChI is InChI=1S/C17H28ClNO/c1-12(2)13(3)20-16(11-19-17(4,5)6)14-8-7-9-15(18)10-14/h7-10,12-13,16,19H,11H2,1-6H3. The van der Waals surface area contributed by atoms with Crippen LogP contribution in [0.15, 0.2) is 24.3 Å². The third-order valence-corrected chi connectivity index (χ3v) is 3.59. The summed E-state index contributed by atoms with van der Waals surface area (Å²) in [6.45, 7) is 13.7. The third-order valence-electron chi connectivity index (χ3n) is 3.36. The maximum atomic E-state index is 6.23. The number of nitrogens with one attached hydrogen (secondary N) is 1. The van der Waals surface area contributed by atoms with E-state index in [1.54, 1.807) is 0 Å². The molecule has 0 radical (unpaired) electrons. The van der Waals surface area contributed by atoms with Gasteiger partial charge < -0.3 is 10.1 Å². The van der Waals surface area contributed by atoms with E-state index in [4.69, 9.17) is 16.3 Å². The highest BCUT2D eigenvalue weighted by atomic mass is 35.5. The van der Waals surface area contributed by atoms with E-state index >= 15 is 0 Å². The smallest absolute Gasteiger partial charge is 0.0953 e. The van der Waals surface area contributed by atoms with Gasteiger partial charge in [-0.15, -0.1) is 0 Å². The molecule has 0 aliphatic rings. The average molecular weight is 298 g/mol. The Bertz CT molecular complexity index is 412. The summed E-state index contributed by atoms with van der Waals surface area (Å²) in [5.74, 6) is 0.492. The van der Waals surface area contributed by atoms with E-state index in [2.05, 4.69) is 52.9 Å². The van der Waals surface area contributed by atoms with Gasteiger partial charge in [-0.2, -0.15) is 0 Å². The fraction of sp³-hybridized carbons (Fsp3) is 0.647. The van der Waals surface area contributed by atoms with Crippen LogP contribution < -0.4 is 5.32 Å². The Morgan fingerprint density at radius 2 is 1.85 bits per heavy atom. The van der Waals surface area contributed by atoms with Crippen LogP contribution in [0.25, 0.3) is 0 Å². The van der Waals surface area contributed by atoms with Crippen LogP contribution in [0.2, 0.25) is 5.02 Å². The Balaban J connectivity index is 2.83. The van der Waals surface area contributed by atoms with E-state index < -0.39 is 0 Å². The van der Waals surface area contributed by atoms with Crippen LogP contribution in [0.5, 0.6) is 0 Å². The van der Waals surface area contributed by atoms with Gasteiger partial charge in [-0.05, 0) is 51.3 Å².